The number of hydrogen-bond donors (Lipinski definition) is 1. The van der Waals surface area contributed by atoms with Crippen LogP contribution in [0.3, 0.4) is 0 Å². The van der Waals surface area contributed by atoms with Crippen molar-refractivity contribution in [1.29, 1.82) is 0 Å². The van der Waals surface area contributed by atoms with Crippen molar-refractivity contribution >= 4 is 17.2 Å². The highest BCUT2D eigenvalue weighted by Gasteiger charge is 2.23. The number of hydrogen-bond acceptors (Lipinski definition) is 3. The monoisotopic (exact) mass is 272 g/mol. The van der Waals surface area contributed by atoms with E-state index in [-0.39, 0.29) is 6.10 Å². The zero-order valence-corrected chi connectivity index (χ0v) is 10.6. The summed E-state index contributed by atoms with van der Waals surface area (Å²) in [6.07, 6.45) is -0.314. The highest BCUT2D eigenvalue weighted by Crippen LogP contribution is 2.15. The van der Waals surface area contributed by atoms with E-state index in [9.17, 15) is 8.78 Å². The van der Waals surface area contributed by atoms with Gasteiger partial charge in [0.1, 0.15) is 22.7 Å². The topological polar surface area (TPSA) is 38.5 Å². The second-order valence-corrected chi connectivity index (χ2v) is 4.70. The van der Waals surface area contributed by atoms with E-state index in [1.807, 2.05) is 4.90 Å². The average Bonchev–Trinajstić information content (AvgIpc) is 2.34. The van der Waals surface area contributed by atoms with Gasteiger partial charge in [-0.2, -0.15) is 0 Å². The van der Waals surface area contributed by atoms with Gasteiger partial charge >= 0.3 is 0 Å². The molecule has 98 valence electrons. The van der Waals surface area contributed by atoms with Crippen LogP contribution in [0.25, 0.3) is 0 Å². The molecule has 3 nitrogen and oxygen atoms in total. The van der Waals surface area contributed by atoms with Crippen molar-refractivity contribution in [3.63, 3.8) is 0 Å². The van der Waals surface area contributed by atoms with E-state index in [2.05, 4.69) is 0 Å². The molecule has 1 saturated heterocycles. The lowest BCUT2D eigenvalue weighted by atomic mass is 10.1. The third-order valence-electron chi connectivity index (χ3n) is 2.87. The maximum atomic E-state index is 13.5. The summed E-state index contributed by atoms with van der Waals surface area (Å²) in [5, 5.41) is 0. The predicted molar refractivity (Wildman–Crippen MR) is 68.2 cm³/mol. The Kier molecular flexibility index (Phi) is 4.21. The van der Waals surface area contributed by atoms with Gasteiger partial charge in [-0.15, -0.1) is 0 Å². The predicted octanol–water partition coefficient (Wildman–Crippen LogP) is 1.45. The van der Waals surface area contributed by atoms with Crippen LogP contribution in [-0.4, -0.2) is 35.7 Å². The van der Waals surface area contributed by atoms with Crippen molar-refractivity contribution in [3.05, 3.63) is 35.4 Å². The second-order valence-electron chi connectivity index (χ2n) is 4.23. The lowest BCUT2D eigenvalue weighted by Gasteiger charge is -2.32. The number of nitrogens with two attached hydrogens (primary N) is 1. The molecule has 1 fully saturated rings. The molecule has 0 bridgehead atoms. The minimum absolute atomic E-state index is 0.291. The van der Waals surface area contributed by atoms with Crippen molar-refractivity contribution in [1.82, 2.24) is 4.90 Å². The van der Waals surface area contributed by atoms with E-state index in [0.717, 1.165) is 12.1 Å². The molecular formula is C12H14F2N2OS. The maximum Gasteiger partial charge on any atom is 0.127 e. The van der Waals surface area contributed by atoms with E-state index in [4.69, 9.17) is 22.7 Å². The van der Waals surface area contributed by atoms with Crippen molar-refractivity contribution in [3.8, 4) is 0 Å². The molecule has 0 aliphatic carbocycles. The van der Waals surface area contributed by atoms with E-state index in [1.54, 1.807) is 0 Å². The SMILES string of the molecule is NC(=S)C1CN(Cc2cc(F)ccc2F)CCO1. The Labute approximate surface area is 110 Å². The Bertz CT molecular complexity index is 456. The van der Waals surface area contributed by atoms with Gasteiger partial charge in [0.2, 0.25) is 0 Å². The van der Waals surface area contributed by atoms with Gasteiger partial charge in [-0.3, -0.25) is 4.90 Å². The Hall–Kier alpha value is -1.11. The first kappa shape index (κ1) is 13.3. The fraction of sp³-hybridized carbons (Fsp3) is 0.417. The normalized spacial score (nSPS) is 20.9. The van der Waals surface area contributed by atoms with Crippen LogP contribution in [0.5, 0.6) is 0 Å². The molecule has 0 amide bonds. The zero-order valence-electron chi connectivity index (χ0n) is 9.73. The van der Waals surface area contributed by atoms with E-state index in [0.29, 0.717) is 36.8 Å². The molecule has 0 spiro atoms. The standard InChI is InChI=1S/C12H14F2N2OS/c13-9-1-2-10(14)8(5-9)6-16-3-4-17-11(7-16)12(15)18/h1-2,5,11H,3-4,6-7H2,(H2,15,18). The molecule has 2 N–H and O–H groups in total. The Morgan fingerprint density at radius 1 is 1.50 bits per heavy atom. The molecule has 1 aromatic carbocycles. The summed E-state index contributed by atoms with van der Waals surface area (Å²) in [4.78, 5) is 2.24. The van der Waals surface area contributed by atoms with Gasteiger partial charge < -0.3 is 10.5 Å². The molecule has 1 atom stereocenters. The third-order valence-corrected chi connectivity index (χ3v) is 3.13. The van der Waals surface area contributed by atoms with Crippen molar-refractivity contribution in [2.24, 2.45) is 5.73 Å². The van der Waals surface area contributed by atoms with Gasteiger partial charge in [0, 0.05) is 25.2 Å². The summed E-state index contributed by atoms with van der Waals surface area (Å²) in [6.45, 7) is 1.96. The molecule has 1 heterocycles. The first-order chi connectivity index (χ1) is 8.56. The molecule has 1 unspecified atom stereocenters. The number of nitrogens with zero attached hydrogens (tertiary/aromatic N) is 1. The van der Waals surface area contributed by atoms with Gasteiger partial charge in [0.15, 0.2) is 0 Å². The quantitative estimate of drug-likeness (QED) is 0.845. The summed E-state index contributed by atoms with van der Waals surface area (Å²) in [6, 6.07) is 3.45. The number of benzene rings is 1. The zero-order chi connectivity index (χ0) is 13.1. The first-order valence-electron chi connectivity index (χ1n) is 5.63. The van der Waals surface area contributed by atoms with Crippen LogP contribution in [-0.2, 0) is 11.3 Å². The third kappa shape index (κ3) is 3.22. The molecule has 6 heteroatoms. The van der Waals surface area contributed by atoms with Crippen molar-refractivity contribution in [2.45, 2.75) is 12.6 Å². The number of rotatable bonds is 3. The summed E-state index contributed by atoms with van der Waals surface area (Å²) in [5.41, 5.74) is 5.85. The molecular weight excluding hydrogens is 258 g/mol. The van der Waals surface area contributed by atoms with Crippen LogP contribution in [0, 0.1) is 11.6 Å². The highest BCUT2D eigenvalue weighted by molar-refractivity contribution is 7.80. The highest BCUT2D eigenvalue weighted by atomic mass is 32.1. The lowest BCUT2D eigenvalue weighted by Crippen LogP contribution is -2.47. The number of ether oxygens (including phenoxy) is 1. The minimum Gasteiger partial charge on any atom is -0.391 e. The summed E-state index contributed by atoms with van der Waals surface area (Å²) in [5.74, 6) is -0.847. The van der Waals surface area contributed by atoms with Gasteiger partial charge in [-0.25, -0.2) is 8.78 Å². The number of thiocarbonyl (C=S) groups is 1. The minimum atomic E-state index is -0.439. The Morgan fingerprint density at radius 3 is 3.00 bits per heavy atom. The summed E-state index contributed by atoms with van der Waals surface area (Å²) < 4.78 is 31.9. The van der Waals surface area contributed by atoms with Gasteiger partial charge in [-0.05, 0) is 18.2 Å². The summed E-state index contributed by atoms with van der Waals surface area (Å²) in [7, 11) is 0. The lowest BCUT2D eigenvalue weighted by molar-refractivity contribution is 0.00351. The van der Waals surface area contributed by atoms with Gasteiger partial charge in [0.05, 0.1) is 6.61 Å². The van der Waals surface area contributed by atoms with Crippen molar-refractivity contribution in [2.75, 3.05) is 19.7 Å². The van der Waals surface area contributed by atoms with Crippen LogP contribution in [0.2, 0.25) is 0 Å². The van der Waals surface area contributed by atoms with Gasteiger partial charge in [-0.1, -0.05) is 12.2 Å². The largest absolute Gasteiger partial charge is 0.391 e. The maximum absolute atomic E-state index is 13.5. The molecule has 1 aliphatic rings. The first-order valence-corrected chi connectivity index (χ1v) is 6.04. The fourth-order valence-electron chi connectivity index (χ4n) is 1.92. The fourth-order valence-corrected chi connectivity index (χ4v) is 2.07. The summed E-state index contributed by atoms with van der Waals surface area (Å²) >= 11 is 4.87. The van der Waals surface area contributed by atoms with Crippen LogP contribution in [0.4, 0.5) is 8.78 Å². The molecule has 1 aromatic rings. The molecule has 1 aliphatic heterocycles. The van der Waals surface area contributed by atoms with Crippen LogP contribution < -0.4 is 5.73 Å². The van der Waals surface area contributed by atoms with E-state index in [1.165, 1.54) is 6.07 Å². The van der Waals surface area contributed by atoms with Gasteiger partial charge in [0.25, 0.3) is 0 Å². The number of morpholine rings is 1. The van der Waals surface area contributed by atoms with Crippen LogP contribution in [0.15, 0.2) is 18.2 Å². The smallest absolute Gasteiger partial charge is 0.127 e. The van der Waals surface area contributed by atoms with E-state index >= 15 is 0 Å². The number of halogens is 2. The molecule has 18 heavy (non-hydrogen) atoms. The van der Waals surface area contributed by atoms with E-state index < -0.39 is 11.6 Å². The Morgan fingerprint density at radius 2 is 2.28 bits per heavy atom. The van der Waals surface area contributed by atoms with Crippen molar-refractivity contribution < 1.29 is 13.5 Å². The second kappa shape index (κ2) is 5.69. The molecule has 2 rings (SSSR count). The molecule has 0 aromatic heterocycles. The molecule has 0 radical (unpaired) electrons. The molecule has 0 saturated carbocycles. The Balaban J connectivity index is 2.04. The van der Waals surface area contributed by atoms with Crippen LogP contribution >= 0.6 is 12.2 Å². The average molecular weight is 272 g/mol. The van der Waals surface area contributed by atoms with Crippen LogP contribution in [0.1, 0.15) is 5.56 Å².